The van der Waals surface area contributed by atoms with Crippen molar-refractivity contribution in [2.24, 2.45) is 11.8 Å². The minimum Gasteiger partial charge on any atom is -0.449 e. The highest BCUT2D eigenvalue weighted by molar-refractivity contribution is 7.22. The first-order valence-electron chi connectivity index (χ1n) is 8.49. The molecule has 1 aliphatic rings. The van der Waals surface area contributed by atoms with Gasteiger partial charge in [-0.2, -0.15) is 0 Å². The second kappa shape index (κ2) is 7.00. The molecule has 1 aliphatic heterocycles. The molecule has 7 heteroatoms. The Morgan fingerprint density at radius 1 is 1.32 bits per heavy atom. The summed E-state index contributed by atoms with van der Waals surface area (Å²) in [6.07, 6.45) is 0.322. The Kier molecular flexibility index (Phi) is 4.94. The molecule has 2 N–H and O–H groups in total. The SMILES string of the molecule is C[C@@H]1C[C@@H](C)CN(C(=O)[C@H](C)OC(=O)c2ccc3nc(N)sc3c2)C1. The highest BCUT2D eigenvalue weighted by atomic mass is 32.1. The maximum absolute atomic E-state index is 12.6. The van der Waals surface area contributed by atoms with Crippen molar-refractivity contribution in [2.75, 3.05) is 18.8 Å². The molecule has 0 aliphatic carbocycles. The Bertz CT molecular complexity index is 794. The Hall–Kier alpha value is -2.15. The molecular formula is C18H23N3O3S. The predicted molar refractivity (Wildman–Crippen MR) is 98.4 cm³/mol. The summed E-state index contributed by atoms with van der Waals surface area (Å²) in [6.45, 7) is 7.35. The number of thiazole rings is 1. The lowest BCUT2D eigenvalue weighted by atomic mass is 9.91. The number of hydrogen-bond acceptors (Lipinski definition) is 6. The number of rotatable bonds is 3. The molecule has 0 bridgehead atoms. The number of nitrogens with two attached hydrogens (primary N) is 1. The summed E-state index contributed by atoms with van der Waals surface area (Å²) >= 11 is 1.32. The zero-order valence-corrected chi connectivity index (χ0v) is 15.5. The van der Waals surface area contributed by atoms with E-state index in [-0.39, 0.29) is 5.91 Å². The molecule has 0 unspecified atom stereocenters. The third-order valence-corrected chi connectivity index (χ3v) is 5.30. The van der Waals surface area contributed by atoms with E-state index in [1.807, 2.05) is 4.90 Å². The quantitative estimate of drug-likeness (QED) is 0.850. The number of piperidine rings is 1. The molecule has 1 aromatic carbocycles. The zero-order valence-electron chi connectivity index (χ0n) is 14.7. The number of carbonyl (C=O) groups excluding carboxylic acids is 2. The van der Waals surface area contributed by atoms with E-state index in [0.717, 1.165) is 29.7 Å². The Morgan fingerprint density at radius 3 is 2.68 bits per heavy atom. The van der Waals surface area contributed by atoms with Gasteiger partial charge >= 0.3 is 5.97 Å². The number of nitrogens with zero attached hydrogens (tertiary/aromatic N) is 2. The van der Waals surface area contributed by atoms with Gasteiger partial charge in [0.2, 0.25) is 0 Å². The molecule has 1 aromatic heterocycles. The van der Waals surface area contributed by atoms with Gasteiger partial charge in [-0.3, -0.25) is 4.79 Å². The zero-order chi connectivity index (χ0) is 18.1. The summed E-state index contributed by atoms with van der Waals surface area (Å²) in [5, 5.41) is 0.456. The van der Waals surface area contributed by atoms with Crippen molar-refractivity contribution >= 4 is 38.6 Å². The smallest absolute Gasteiger partial charge is 0.338 e. The lowest BCUT2D eigenvalue weighted by Gasteiger charge is -2.36. The molecule has 25 heavy (non-hydrogen) atoms. The number of hydrogen-bond donors (Lipinski definition) is 1. The van der Waals surface area contributed by atoms with Gasteiger partial charge in [0, 0.05) is 13.1 Å². The Labute approximate surface area is 151 Å². The molecule has 2 heterocycles. The maximum atomic E-state index is 12.6. The largest absolute Gasteiger partial charge is 0.449 e. The van der Waals surface area contributed by atoms with Crippen LogP contribution in [0.5, 0.6) is 0 Å². The van der Waals surface area contributed by atoms with Crippen molar-refractivity contribution in [1.82, 2.24) is 9.88 Å². The van der Waals surface area contributed by atoms with Crippen LogP contribution < -0.4 is 5.73 Å². The molecule has 3 atom stereocenters. The molecular weight excluding hydrogens is 338 g/mol. The number of benzene rings is 1. The molecule has 0 radical (unpaired) electrons. The molecule has 3 rings (SSSR count). The average Bonchev–Trinajstić information content (AvgIpc) is 2.92. The van der Waals surface area contributed by atoms with Crippen molar-refractivity contribution in [2.45, 2.75) is 33.3 Å². The fourth-order valence-corrected chi connectivity index (χ4v) is 4.22. The van der Waals surface area contributed by atoms with E-state index in [0.29, 0.717) is 22.5 Å². The van der Waals surface area contributed by atoms with Crippen LogP contribution in [0.2, 0.25) is 0 Å². The number of ether oxygens (including phenoxy) is 1. The number of esters is 1. The number of aromatic nitrogens is 1. The van der Waals surface area contributed by atoms with E-state index in [2.05, 4.69) is 18.8 Å². The van der Waals surface area contributed by atoms with Gasteiger partial charge in [0.1, 0.15) is 0 Å². The second-order valence-electron chi connectivity index (χ2n) is 6.97. The van der Waals surface area contributed by atoms with Crippen LogP contribution in [0.4, 0.5) is 5.13 Å². The second-order valence-corrected chi connectivity index (χ2v) is 8.03. The number of amides is 1. The van der Waals surface area contributed by atoms with Crippen LogP contribution in [0.25, 0.3) is 10.2 Å². The molecule has 1 fully saturated rings. The van der Waals surface area contributed by atoms with E-state index in [9.17, 15) is 9.59 Å². The fraction of sp³-hybridized carbons (Fsp3) is 0.500. The molecule has 0 spiro atoms. The first-order valence-corrected chi connectivity index (χ1v) is 9.31. The summed E-state index contributed by atoms with van der Waals surface area (Å²) < 4.78 is 6.22. The van der Waals surface area contributed by atoms with Crippen LogP contribution in [0.1, 0.15) is 37.6 Å². The van der Waals surface area contributed by atoms with E-state index in [4.69, 9.17) is 10.5 Å². The number of anilines is 1. The van der Waals surface area contributed by atoms with Crippen molar-refractivity contribution in [3.05, 3.63) is 23.8 Å². The van der Waals surface area contributed by atoms with Gasteiger partial charge < -0.3 is 15.4 Å². The molecule has 2 aromatic rings. The Balaban J connectivity index is 1.67. The monoisotopic (exact) mass is 361 g/mol. The molecule has 0 saturated carbocycles. The summed E-state index contributed by atoms with van der Waals surface area (Å²) in [7, 11) is 0. The Morgan fingerprint density at radius 2 is 2.00 bits per heavy atom. The third-order valence-electron chi connectivity index (χ3n) is 4.45. The van der Waals surface area contributed by atoms with Crippen molar-refractivity contribution < 1.29 is 14.3 Å². The molecule has 1 amide bonds. The lowest BCUT2D eigenvalue weighted by Crippen LogP contribution is -2.47. The third kappa shape index (κ3) is 3.92. The summed E-state index contributed by atoms with van der Waals surface area (Å²) in [5.74, 6) is 0.298. The first kappa shape index (κ1) is 17.7. The topological polar surface area (TPSA) is 85.5 Å². The van der Waals surface area contributed by atoms with Crippen LogP contribution in [0.15, 0.2) is 18.2 Å². The van der Waals surface area contributed by atoms with Gasteiger partial charge in [0.25, 0.3) is 5.91 Å². The van der Waals surface area contributed by atoms with E-state index >= 15 is 0 Å². The first-order chi connectivity index (χ1) is 11.8. The van der Waals surface area contributed by atoms with Crippen LogP contribution in [0, 0.1) is 11.8 Å². The standard InChI is InChI=1S/C18H23N3O3S/c1-10-6-11(2)9-21(8-10)16(22)12(3)24-17(23)13-4-5-14-15(7-13)25-18(19)20-14/h4-5,7,10-12H,6,8-9H2,1-3H3,(H2,19,20)/t10-,11-,12+/m1/s1. The molecule has 134 valence electrons. The van der Waals surface area contributed by atoms with Crippen LogP contribution in [-0.4, -0.2) is 41.0 Å². The van der Waals surface area contributed by atoms with Gasteiger partial charge in [0.05, 0.1) is 15.8 Å². The molecule has 6 nitrogen and oxygen atoms in total. The number of nitrogen functional groups attached to an aromatic ring is 1. The average molecular weight is 361 g/mol. The number of likely N-dealkylation sites (tertiary alicyclic amines) is 1. The van der Waals surface area contributed by atoms with Crippen molar-refractivity contribution in [1.29, 1.82) is 0 Å². The minimum absolute atomic E-state index is 0.130. The van der Waals surface area contributed by atoms with Crippen LogP contribution >= 0.6 is 11.3 Å². The van der Waals surface area contributed by atoms with Crippen LogP contribution in [-0.2, 0) is 9.53 Å². The predicted octanol–water partition coefficient (Wildman–Crippen LogP) is 2.93. The minimum atomic E-state index is -0.799. The highest BCUT2D eigenvalue weighted by Crippen LogP contribution is 2.25. The summed E-state index contributed by atoms with van der Waals surface area (Å²) in [6, 6.07) is 5.08. The number of carbonyl (C=O) groups is 2. The van der Waals surface area contributed by atoms with Gasteiger partial charge in [-0.1, -0.05) is 25.2 Å². The normalized spacial score (nSPS) is 22.0. The summed E-state index contributed by atoms with van der Waals surface area (Å²) in [5.41, 5.74) is 6.83. The fourth-order valence-electron chi connectivity index (χ4n) is 3.45. The van der Waals surface area contributed by atoms with Crippen LogP contribution in [0.3, 0.4) is 0 Å². The van der Waals surface area contributed by atoms with E-state index in [1.165, 1.54) is 11.3 Å². The number of fused-ring (bicyclic) bond motifs is 1. The van der Waals surface area contributed by atoms with E-state index < -0.39 is 12.1 Å². The van der Waals surface area contributed by atoms with Gasteiger partial charge in [-0.05, 0) is 43.4 Å². The van der Waals surface area contributed by atoms with Crippen molar-refractivity contribution in [3.63, 3.8) is 0 Å². The van der Waals surface area contributed by atoms with Gasteiger partial charge in [-0.25, -0.2) is 9.78 Å². The summed E-state index contributed by atoms with van der Waals surface area (Å²) in [4.78, 5) is 30.9. The molecule has 1 saturated heterocycles. The maximum Gasteiger partial charge on any atom is 0.338 e. The highest BCUT2D eigenvalue weighted by Gasteiger charge is 2.30. The van der Waals surface area contributed by atoms with Gasteiger partial charge in [-0.15, -0.1) is 0 Å². The van der Waals surface area contributed by atoms with Gasteiger partial charge in [0.15, 0.2) is 11.2 Å². The van der Waals surface area contributed by atoms with E-state index in [1.54, 1.807) is 25.1 Å². The van der Waals surface area contributed by atoms with Crippen molar-refractivity contribution in [3.8, 4) is 0 Å². The lowest BCUT2D eigenvalue weighted by molar-refractivity contribution is -0.142.